The molecule has 0 bridgehead atoms. The van der Waals surface area contributed by atoms with Crippen LogP contribution in [0, 0.1) is 0 Å². The number of hydrogen-bond acceptors (Lipinski definition) is 5. The molecule has 4 amide bonds. The van der Waals surface area contributed by atoms with Crippen molar-refractivity contribution in [1.82, 2.24) is 10.2 Å². The first kappa shape index (κ1) is 18.5. The molecule has 7 nitrogen and oxygen atoms in total. The van der Waals surface area contributed by atoms with Gasteiger partial charge in [0.25, 0.3) is 11.8 Å². The van der Waals surface area contributed by atoms with Crippen LogP contribution in [0.3, 0.4) is 0 Å². The summed E-state index contributed by atoms with van der Waals surface area (Å²) in [4.78, 5) is 37.5. The highest BCUT2D eigenvalue weighted by molar-refractivity contribution is 6.31. The van der Waals surface area contributed by atoms with Gasteiger partial charge in [-0.05, 0) is 30.2 Å². The number of nitrogens with zero attached hydrogens (tertiary/aromatic N) is 1. The zero-order valence-electron chi connectivity index (χ0n) is 14.4. The predicted octanol–water partition coefficient (Wildman–Crippen LogP) is 2.44. The number of barbiturate groups is 1. The molecule has 0 radical (unpaired) electrons. The highest BCUT2D eigenvalue weighted by Crippen LogP contribution is 2.27. The van der Waals surface area contributed by atoms with Crippen LogP contribution in [0.25, 0.3) is 6.08 Å². The number of carbonyl (C=O) groups excluding carboxylic acids is 3. The third-order valence-corrected chi connectivity index (χ3v) is 3.94. The van der Waals surface area contributed by atoms with Gasteiger partial charge in [-0.25, -0.2) is 4.79 Å². The molecule has 1 saturated heterocycles. The van der Waals surface area contributed by atoms with E-state index in [1.807, 2.05) is 0 Å². The van der Waals surface area contributed by atoms with E-state index in [9.17, 15) is 19.5 Å². The fourth-order valence-electron chi connectivity index (χ4n) is 2.54. The van der Waals surface area contributed by atoms with Crippen LogP contribution in [-0.2, 0) is 9.59 Å². The van der Waals surface area contributed by atoms with Crippen LogP contribution >= 0.6 is 0 Å². The molecule has 1 aromatic carbocycles. The molecule has 0 saturated carbocycles. The molecule has 7 heteroatoms. The Bertz CT molecular complexity index is 711. The van der Waals surface area contributed by atoms with Crippen LogP contribution in [0.2, 0.25) is 0 Å². The molecule has 0 atom stereocenters. The zero-order valence-corrected chi connectivity index (χ0v) is 14.4. The van der Waals surface area contributed by atoms with E-state index in [1.54, 1.807) is 6.07 Å². The second-order valence-electron chi connectivity index (χ2n) is 5.77. The smallest absolute Gasteiger partial charge is 0.331 e. The number of urea groups is 1. The minimum Gasteiger partial charge on any atom is -0.504 e. The fraction of sp³-hybridized carbons (Fsp3) is 0.389. The highest BCUT2D eigenvalue weighted by atomic mass is 16.5. The molecule has 2 rings (SSSR count). The number of nitrogens with one attached hydrogen (secondary N) is 1. The molecule has 1 heterocycles. The van der Waals surface area contributed by atoms with Gasteiger partial charge in [-0.1, -0.05) is 32.3 Å². The number of phenols is 1. The van der Waals surface area contributed by atoms with E-state index >= 15 is 0 Å². The molecule has 0 aliphatic carbocycles. The third-order valence-electron chi connectivity index (χ3n) is 3.94. The second-order valence-corrected chi connectivity index (χ2v) is 5.77. The van der Waals surface area contributed by atoms with Crippen molar-refractivity contribution in [2.45, 2.75) is 32.6 Å². The van der Waals surface area contributed by atoms with Crippen LogP contribution in [0.1, 0.15) is 38.2 Å². The van der Waals surface area contributed by atoms with Gasteiger partial charge in [0.15, 0.2) is 11.5 Å². The van der Waals surface area contributed by atoms with Crippen molar-refractivity contribution >= 4 is 23.9 Å². The average molecular weight is 346 g/mol. The zero-order chi connectivity index (χ0) is 18.4. The number of phenolic OH excluding ortho intramolecular Hbond substituents is 1. The van der Waals surface area contributed by atoms with Crippen molar-refractivity contribution in [3.63, 3.8) is 0 Å². The molecular weight excluding hydrogens is 324 g/mol. The molecule has 134 valence electrons. The maximum absolute atomic E-state index is 12.5. The van der Waals surface area contributed by atoms with Crippen molar-refractivity contribution in [1.29, 1.82) is 0 Å². The first-order valence-electron chi connectivity index (χ1n) is 8.23. The van der Waals surface area contributed by atoms with E-state index in [0.717, 1.165) is 24.2 Å². The molecule has 1 fully saturated rings. The van der Waals surface area contributed by atoms with E-state index in [4.69, 9.17) is 4.74 Å². The first-order chi connectivity index (χ1) is 12.0. The lowest BCUT2D eigenvalue weighted by Crippen LogP contribution is -2.54. The van der Waals surface area contributed by atoms with Crippen molar-refractivity contribution in [2.24, 2.45) is 0 Å². The number of unbranched alkanes of at least 4 members (excludes halogenated alkanes) is 3. The summed E-state index contributed by atoms with van der Waals surface area (Å²) in [6.07, 6.45) is 5.06. The van der Waals surface area contributed by atoms with Crippen molar-refractivity contribution < 1.29 is 24.2 Å². The van der Waals surface area contributed by atoms with Gasteiger partial charge in [0, 0.05) is 6.54 Å². The molecule has 0 unspecified atom stereocenters. The average Bonchev–Trinajstić information content (AvgIpc) is 2.59. The maximum Gasteiger partial charge on any atom is 0.331 e. The number of ether oxygens (including phenoxy) is 1. The third kappa shape index (κ3) is 4.37. The van der Waals surface area contributed by atoms with Crippen LogP contribution in [0.4, 0.5) is 4.79 Å². The second kappa shape index (κ2) is 8.32. The Balaban J connectivity index is 2.22. The number of hydrogen-bond donors (Lipinski definition) is 2. The number of carbonyl (C=O) groups is 3. The van der Waals surface area contributed by atoms with Gasteiger partial charge in [0.2, 0.25) is 0 Å². The summed E-state index contributed by atoms with van der Waals surface area (Å²) in [5, 5.41) is 11.8. The van der Waals surface area contributed by atoms with Gasteiger partial charge >= 0.3 is 6.03 Å². The lowest BCUT2D eigenvalue weighted by molar-refractivity contribution is -0.130. The predicted molar refractivity (Wildman–Crippen MR) is 92.0 cm³/mol. The highest BCUT2D eigenvalue weighted by Gasteiger charge is 2.35. The van der Waals surface area contributed by atoms with Gasteiger partial charge in [0.05, 0.1) is 7.11 Å². The number of amides is 4. The van der Waals surface area contributed by atoms with Gasteiger partial charge in [-0.2, -0.15) is 0 Å². The van der Waals surface area contributed by atoms with Gasteiger partial charge in [0.1, 0.15) is 5.57 Å². The molecule has 25 heavy (non-hydrogen) atoms. The number of rotatable bonds is 7. The molecule has 0 spiro atoms. The van der Waals surface area contributed by atoms with Crippen molar-refractivity contribution in [3.05, 3.63) is 29.3 Å². The van der Waals surface area contributed by atoms with E-state index in [2.05, 4.69) is 12.2 Å². The topological polar surface area (TPSA) is 95.9 Å². The SMILES string of the molecule is CCCCCCN1C(=O)NC(=O)/C(=C/c2ccc(O)c(OC)c2)C1=O. The Labute approximate surface area is 146 Å². The van der Waals surface area contributed by atoms with Gasteiger partial charge < -0.3 is 9.84 Å². The van der Waals surface area contributed by atoms with Crippen LogP contribution in [-0.4, -0.2) is 41.5 Å². The summed E-state index contributed by atoms with van der Waals surface area (Å²) >= 11 is 0. The quantitative estimate of drug-likeness (QED) is 0.449. The summed E-state index contributed by atoms with van der Waals surface area (Å²) in [6.45, 7) is 2.35. The van der Waals surface area contributed by atoms with E-state index in [1.165, 1.54) is 25.3 Å². The Hall–Kier alpha value is -2.83. The number of imide groups is 2. The van der Waals surface area contributed by atoms with E-state index < -0.39 is 17.8 Å². The lowest BCUT2D eigenvalue weighted by atomic mass is 10.1. The Kier molecular flexibility index (Phi) is 6.16. The Morgan fingerprint density at radius 3 is 2.64 bits per heavy atom. The molecule has 1 aromatic rings. The molecule has 1 aliphatic heterocycles. The summed E-state index contributed by atoms with van der Waals surface area (Å²) in [7, 11) is 1.40. The minimum atomic E-state index is -0.730. The number of methoxy groups -OCH3 is 1. The van der Waals surface area contributed by atoms with E-state index in [0.29, 0.717) is 12.0 Å². The summed E-state index contributed by atoms with van der Waals surface area (Å²) in [6, 6.07) is 3.77. The minimum absolute atomic E-state index is 0.0446. The Morgan fingerprint density at radius 1 is 1.20 bits per heavy atom. The molecule has 1 aliphatic rings. The normalized spacial score (nSPS) is 16.3. The number of benzene rings is 1. The van der Waals surface area contributed by atoms with Crippen LogP contribution in [0.5, 0.6) is 11.5 Å². The molecular formula is C18H22N2O5. The van der Waals surface area contributed by atoms with Crippen molar-refractivity contribution in [2.75, 3.05) is 13.7 Å². The molecule has 2 N–H and O–H groups in total. The first-order valence-corrected chi connectivity index (χ1v) is 8.23. The molecule has 0 aromatic heterocycles. The maximum atomic E-state index is 12.5. The summed E-state index contributed by atoms with van der Waals surface area (Å²) in [5.74, 6) is -1.16. The van der Waals surface area contributed by atoms with Crippen LogP contribution in [0.15, 0.2) is 23.8 Å². The van der Waals surface area contributed by atoms with Crippen LogP contribution < -0.4 is 10.1 Å². The Morgan fingerprint density at radius 2 is 1.96 bits per heavy atom. The summed E-state index contributed by atoms with van der Waals surface area (Å²) < 4.78 is 5.01. The number of aromatic hydroxyl groups is 1. The van der Waals surface area contributed by atoms with Gasteiger partial charge in [-0.3, -0.25) is 19.8 Å². The van der Waals surface area contributed by atoms with Gasteiger partial charge in [-0.15, -0.1) is 0 Å². The lowest BCUT2D eigenvalue weighted by Gasteiger charge is -2.26. The van der Waals surface area contributed by atoms with Crippen molar-refractivity contribution in [3.8, 4) is 11.5 Å². The standard InChI is InChI=1S/C18H22N2O5/c1-3-4-5-6-9-20-17(23)13(16(22)19-18(20)24)10-12-7-8-14(21)15(11-12)25-2/h7-8,10-11,21H,3-6,9H2,1-2H3,(H,19,22,24)/b13-10-. The summed E-state index contributed by atoms with van der Waals surface area (Å²) in [5.41, 5.74) is 0.385. The largest absolute Gasteiger partial charge is 0.504 e. The fourth-order valence-corrected chi connectivity index (χ4v) is 2.54. The monoisotopic (exact) mass is 346 g/mol. The van der Waals surface area contributed by atoms with E-state index in [-0.39, 0.29) is 23.6 Å².